The highest BCUT2D eigenvalue weighted by Gasteiger charge is 2.20. The van der Waals surface area contributed by atoms with Gasteiger partial charge < -0.3 is 5.32 Å². The fourth-order valence-electron chi connectivity index (χ4n) is 2.13. The predicted molar refractivity (Wildman–Crippen MR) is 64.9 cm³/mol. The summed E-state index contributed by atoms with van der Waals surface area (Å²) >= 11 is 0. The number of nitrogens with one attached hydrogen (secondary N) is 2. The highest BCUT2D eigenvalue weighted by atomic mass is 35.5. The Balaban J connectivity index is 0.000000963. The number of anilines is 1. The van der Waals surface area contributed by atoms with Gasteiger partial charge in [-0.2, -0.15) is 5.10 Å². The Bertz CT molecular complexity index is 427. The first kappa shape index (κ1) is 11.0. The Morgan fingerprint density at radius 1 is 1.19 bits per heavy atom. The molecular formula is C11H13ClN4. The van der Waals surface area contributed by atoms with Crippen molar-refractivity contribution in [1.82, 2.24) is 15.2 Å². The number of rotatable bonds is 2. The summed E-state index contributed by atoms with van der Waals surface area (Å²) in [7, 11) is 0. The van der Waals surface area contributed by atoms with Gasteiger partial charge in [0.05, 0.1) is 0 Å². The first-order valence-electron chi connectivity index (χ1n) is 5.10. The van der Waals surface area contributed by atoms with Crippen LogP contribution in [0.3, 0.4) is 0 Å². The molecule has 0 bridgehead atoms. The van der Waals surface area contributed by atoms with E-state index in [1.165, 1.54) is 17.5 Å². The molecule has 1 heterocycles. The van der Waals surface area contributed by atoms with Crippen LogP contribution in [0.25, 0.3) is 0 Å². The molecule has 0 atom stereocenters. The summed E-state index contributed by atoms with van der Waals surface area (Å²) in [6.45, 7) is 0. The monoisotopic (exact) mass is 236 g/mol. The Labute approximate surface area is 99.9 Å². The molecule has 5 heteroatoms. The zero-order chi connectivity index (χ0) is 10.1. The number of hydrogen-bond donors (Lipinski definition) is 2. The number of H-pyrrole nitrogens is 1. The number of hydrogen-bond acceptors (Lipinski definition) is 3. The Morgan fingerprint density at radius 3 is 2.44 bits per heavy atom. The number of benzene rings is 1. The van der Waals surface area contributed by atoms with Crippen molar-refractivity contribution in [3.63, 3.8) is 0 Å². The summed E-state index contributed by atoms with van der Waals surface area (Å²) in [5.74, 6) is 0.757. The van der Waals surface area contributed by atoms with Crippen molar-refractivity contribution in [2.24, 2.45) is 0 Å². The SMILES string of the molecule is Cl.c1ccc2c(c1)CC(Nc1ncn[nH]1)C2. The number of halogens is 1. The lowest BCUT2D eigenvalue weighted by Gasteiger charge is -2.09. The molecule has 1 aromatic heterocycles. The van der Waals surface area contributed by atoms with Crippen LogP contribution in [0, 0.1) is 0 Å². The molecule has 4 nitrogen and oxygen atoms in total. The van der Waals surface area contributed by atoms with Gasteiger partial charge in [0.15, 0.2) is 0 Å². The first-order chi connectivity index (χ1) is 7.42. The molecule has 1 aromatic carbocycles. The van der Waals surface area contributed by atoms with Gasteiger partial charge in [0.25, 0.3) is 0 Å². The van der Waals surface area contributed by atoms with E-state index in [4.69, 9.17) is 0 Å². The number of fused-ring (bicyclic) bond motifs is 1. The maximum Gasteiger partial charge on any atom is 0.218 e. The van der Waals surface area contributed by atoms with Gasteiger partial charge in [0.2, 0.25) is 5.95 Å². The lowest BCUT2D eigenvalue weighted by molar-refractivity contribution is 0.763. The molecule has 2 aromatic rings. The van der Waals surface area contributed by atoms with Crippen LogP contribution in [0.2, 0.25) is 0 Å². The van der Waals surface area contributed by atoms with Crippen molar-refractivity contribution in [1.29, 1.82) is 0 Å². The summed E-state index contributed by atoms with van der Waals surface area (Å²) in [6.07, 6.45) is 3.65. The fraction of sp³-hybridized carbons (Fsp3) is 0.273. The van der Waals surface area contributed by atoms with Crippen LogP contribution in [0.4, 0.5) is 5.95 Å². The Hall–Kier alpha value is -1.55. The Kier molecular flexibility index (Phi) is 3.10. The van der Waals surface area contributed by atoms with Crippen LogP contribution in [0.1, 0.15) is 11.1 Å². The van der Waals surface area contributed by atoms with Crippen molar-refractivity contribution >= 4 is 18.4 Å². The van der Waals surface area contributed by atoms with Gasteiger partial charge in [-0.1, -0.05) is 24.3 Å². The summed E-state index contributed by atoms with van der Waals surface area (Å²) in [6, 6.07) is 9.01. The lowest BCUT2D eigenvalue weighted by Crippen LogP contribution is -2.20. The third-order valence-electron chi connectivity index (χ3n) is 2.81. The average Bonchev–Trinajstić information content (AvgIpc) is 2.86. The fourth-order valence-corrected chi connectivity index (χ4v) is 2.13. The van der Waals surface area contributed by atoms with Crippen molar-refractivity contribution in [3.8, 4) is 0 Å². The van der Waals surface area contributed by atoms with Crippen LogP contribution in [-0.2, 0) is 12.8 Å². The van der Waals surface area contributed by atoms with Gasteiger partial charge in [-0.05, 0) is 24.0 Å². The van der Waals surface area contributed by atoms with E-state index < -0.39 is 0 Å². The van der Waals surface area contributed by atoms with Crippen LogP contribution in [-0.4, -0.2) is 21.2 Å². The summed E-state index contributed by atoms with van der Waals surface area (Å²) in [5.41, 5.74) is 2.88. The first-order valence-corrected chi connectivity index (χ1v) is 5.10. The van der Waals surface area contributed by atoms with Gasteiger partial charge in [-0.25, -0.2) is 10.1 Å². The average molecular weight is 237 g/mol. The van der Waals surface area contributed by atoms with Crippen LogP contribution in [0.15, 0.2) is 30.6 Å². The molecule has 16 heavy (non-hydrogen) atoms. The van der Waals surface area contributed by atoms with Gasteiger partial charge in [0, 0.05) is 6.04 Å². The zero-order valence-corrected chi connectivity index (χ0v) is 9.50. The largest absolute Gasteiger partial charge is 0.351 e. The molecule has 0 saturated heterocycles. The van der Waals surface area contributed by atoms with E-state index in [-0.39, 0.29) is 12.4 Å². The van der Waals surface area contributed by atoms with E-state index in [1.54, 1.807) is 0 Å². The van der Waals surface area contributed by atoms with Crippen LogP contribution >= 0.6 is 12.4 Å². The molecule has 0 fully saturated rings. The van der Waals surface area contributed by atoms with E-state index in [0.717, 1.165) is 18.8 Å². The van der Waals surface area contributed by atoms with Gasteiger partial charge in [0.1, 0.15) is 6.33 Å². The number of nitrogens with zero attached hydrogens (tertiary/aromatic N) is 2. The minimum Gasteiger partial charge on any atom is -0.351 e. The Morgan fingerprint density at radius 2 is 1.88 bits per heavy atom. The van der Waals surface area contributed by atoms with E-state index in [2.05, 4.69) is 44.8 Å². The van der Waals surface area contributed by atoms with Crippen molar-refractivity contribution in [2.75, 3.05) is 5.32 Å². The molecule has 3 rings (SSSR count). The molecule has 0 spiro atoms. The van der Waals surface area contributed by atoms with E-state index in [0.29, 0.717) is 6.04 Å². The maximum atomic E-state index is 4.06. The molecule has 1 aliphatic rings. The van der Waals surface area contributed by atoms with E-state index >= 15 is 0 Å². The normalized spacial score (nSPS) is 14.2. The second-order valence-corrected chi connectivity index (χ2v) is 3.85. The molecule has 0 radical (unpaired) electrons. The van der Waals surface area contributed by atoms with Gasteiger partial charge in [-0.3, -0.25) is 0 Å². The smallest absolute Gasteiger partial charge is 0.218 e. The van der Waals surface area contributed by atoms with Crippen molar-refractivity contribution in [2.45, 2.75) is 18.9 Å². The third kappa shape index (κ3) is 2.02. The quantitative estimate of drug-likeness (QED) is 0.836. The minimum atomic E-state index is 0. The molecule has 0 amide bonds. The highest BCUT2D eigenvalue weighted by molar-refractivity contribution is 5.85. The standard InChI is InChI=1S/C11H12N4.ClH/c1-2-4-9-6-10(5-8(9)3-1)14-11-12-7-13-15-11;/h1-4,7,10H,5-6H2,(H2,12,13,14,15);1H. The van der Waals surface area contributed by atoms with Crippen LogP contribution < -0.4 is 5.32 Å². The summed E-state index contributed by atoms with van der Waals surface area (Å²) in [5, 5.41) is 9.97. The summed E-state index contributed by atoms with van der Waals surface area (Å²) in [4.78, 5) is 4.06. The maximum absolute atomic E-state index is 4.06. The second kappa shape index (κ2) is 4.53. The molecule has 84 valence electrons. The summed E-state index contributed by atoms with van der Waals surface area (Å²) < 4.78 is 0. The molecule has 0 unspecified atom stereocenters. The molecule has 2 N–H and O–H groups in total. The molecule has 1 aliphatic carbocycles. The van der Waals surface area contributed by atoms with Gasteiger partial charge in [-0.15, -0.1) is 12.4 Å². The minimum absolute atomic E-state index is 0. The molecule has 0 saturated carbocycles. The predicted octanol–water partition coefficient (Wildman–Crippen LogP) is 1.81. The zero-order valence-electron chi connectivity index (χ0n) is 8.68. The highest BCUT2D eigenvalue weighted by Crippen LogP contribution is 2.23. The lowest BCUT2D eigenvalue weighted by atomic mass is 10.1. The van der Waals surface area contributed by atoms with Crippen molar-refractivity contribution in [3.05, 3.63) is 41.7 Å². The topological polar surface area (TPSA) is 53.6 Å². The third-order valence-corrected chi connectivity index (χ3v) is 2.81. The van der Waals surface area contributed by atoms with Crippen molar-refractivity contribution < 1.29 is 0 Å². The van der Waals surface area contributed by atoms with Crippen LogP contribution in [0.5, 0.6) is 0 Å². The molecule has 0 aliphatic heterocycles. The molecular weight excluding hydrogens is 224 g/mol. The van der Waals surface area contributed by atoms with E-state index in [9.17, 15) is 0 Å². The van der Waals surface area contributed by atoms with E-state index in [1.807, 2.05) is 0 Å². The number of aromatic amines is 1. The van der Waals surface area contributed by atoms with Gasteiger partial charge >= 0.3 is 0 Å². The second-order valence-electron chi connectivity index (χ2n) is 3.85. The number of aromatic nitrogens is 3.